The van der Waals surface area contributed by atoms with E-state index >= 15 is 0 Å². The average Bonchev–Trinajstić information content (AvgIpc) is 2.53. The van der Waals surface area contributed by atoms with E-state index in [-0.39, 0.29) is 6.10 Å². The largest absolute Gasteiger partial charge is 0.392 e. The number of rotatable bonds is 0. The van der Waals surface area contributed by atoms with Crippen LogP contribution in [0.25, 0.3) is 0 Å². The van der Waals surface area contributed by atoms with Crippen LogP contribution in [0.3, 0.4) is 0 Å². The first-order chi connectivity index (χ1) is 4.38. The van der Waals surface area contributed by atoms with Gasteiger partial charge in [0.25, 0.3) is 0 Å². The summed E-state index contributed by atoms with van der Waals surface area (Å²) >= 11 is 0. The van der Waals surface area contributed by atoms with Crippen molar-refractivity contribution in [2.45, 2.75) is 12.5 Å². The van der Waals surface area contributed by atoms with Gasteiger partial charge in [0, 0.05) is 11.8 Å². The number of aliphatic hydroxyl groups is 1. The van der Waals surface area contributed by atoms with Crippen molar-refractivity contribution in [3.63, 3.8) is 0 Å². The molecule has 1 nitrogen and oxygen atoms in total. The van der Waals surface area contributed by atoms with Crippen LogP contribution in [0.1, 0.15) is 6.42 Å². The summed E-state index contributed by atoms with van der Waals surface area (Å²) in [5.41, 5.74) is 0. The van der Waals surface area contributed by atoms with Crippen LogP contribution in [-0.4, -0.2) is 11.2 Å². The van der Waals surface area contributed by atoms with Crippen LogP contribution in [0.15, 0.2) is 12.2 Å². The van der Waals surface area contributed by atoms with Gasteiger partial charge in [0.15, 0.2) is 0 Å². The van der Waals surface area contributed by atoms with Crippen LogP contribution in [0.5, 0.6) is 0 Å². The Balaban J connectivity index is 2.08. The van der Waals surface area contributed by atoms with E-state index in [4.69, 9.17) is 0 Å². The molecule has 0 spiro atoms. The molecule has 0 aromatic heterocycles. The molecule has 1 heteroatoms. The maximum atomic E-state index is 9.47. The van der Waals surface area contributed by atoms with Crippen molar-refractivity contribution in [3.8, 4) is 0 Å². The summed E-state index contributed by atoms with van der Waals surface area (Å²) < 4.78 is 0. The van der Waals surface area contributed by atoms with Gasteiger partial charge >= 0.3 is 0 Å². The zero-order chi connectivity index (χ0) is 6.01. The molecule has 2 saturated carbocycles. The van der Waals surface area contributed by atoms with Crippen LogP contribution in [0.2, 0.25) is 0 Å². The van der Waals surface area contributed by atoms with E-state index in [1.165, 1.54) is 6.42 Å². The van der Waals surface area contributed by atoms with Gasteiger partial charge in [-0.05, 0) is 18.3 Å². The number of fused-ring (bicyclic) bond motifs is 5. The third-order valence-corrected chi connectivity index (χ3v) is 3.22. The monoisotopic (exact) mass is 122 g/mol. The highest BCUT2D eigenvalue weighted by atomic mass is 16.3. The summed E-state index contributed by atoms with van der Waals surface area (Å²) in [5, 5.41) is 9.47. The van der Waals surface area contributed by atoms with E-state index in [0.717, 1.165) is 11.8 Å². The van der Waals surface area contributed by atoms with E-state index in [2.05, 4.69) is 12.2 Å². The lowest BCUT2D eigenvalue weighted by atomic mass is 10.0. The van der Waals surface area contributed by atoms with E-state index in [1.54, 1.807) is 0 Å². The number of hydrogen-bond donors (Lipinski definition) is 1. The van der Waals surface area contributed by atoms with E-state index in [0.29, 0.717) is 11.8 Å². The Hall–Kier alpha value is -0.300. The Morgan fingerprint density at radius 2 is 1.67 bits per heavy atom. The molecule has 0 saturated heterocycles. The molecule has 2 bridgehead atoms. The maximum absolute atomic E-state index is 9.47. The summed E-state index contributed by atoms with van der Waals surface area (Å²) in [6.45, 7) is 0. The van der Waals surface area contributed by atoms with E-state index < -0.39 is 0 Å². The fraction of sp³-hybridized carbons (Fsp3) is 0.750. The first-order valence-electron chi connectivity index (χ1n) is 3.74. The lowest BCUT2D eigenvalue weighted by molar-refractivity contribution is 0.118. The standard InChI is InChI=1S/C8H10O/c9-8-4-1-2-5(8)7-3-6(4)7/h1-2,4-9H,3H2/t4-,5+,6-,7+,8?. The molecule has 0 heterocycles. The average molecular weight is 122 g/mol. The number of hydrogen-bond acceptors (Lipinski definition) is 1. The van der Waals surface area contributed by atoms with Crippen molar-refractivity contribution in [1.82, 2.24) is 0 Å². The van der Waals surface area contributed by atoms with Crippen molar-refractivity contribution in [2.24, 2.45) is 23.7 Å². The summed E-state index contributed by atoms with van der Waals surface area (Å²) in [6, 6.07) is 0. The Morgan fingerprint density at radius 1 is 1.11 bits per heavy atom. The summed E-state index contributed by atoms with van der Waals surface area (Å²) in [6.07, 6.45) is 5.82. The van der Waals surface area contributed by atoms with Gasteiger partial charge in [0.05, 0.1) is 6.10 Å². The minimum Gasteiger partial charge on any atom is -0.392 e. The van der Waals surface area contributed by atoms with Crippen LogP contribution in [0, 0.1) is 23.7 Å². The van der Waals surface area contributed by atoms with Crippen molar-refractivity contribution < 1.29 is 5.11 Å². The minimum atomic E-state index is 0.00810. The van der Waals surface area contributed by atoms with Crippen LogP contribution < -0.4 is 0 Å². The second kappa shape index (κ2) is 1.10. The molecule has 1 unspecified atom stereocenters. The van der Waals surface area contributed by atoms with Gasteiger partial charge in [-0.25, -0.2) is 0 Å². The Bertz CT molecular complexity index is 167. The van der Waals surface area contributed by atoms with Gasteiger partial charge in [-0.1, -0.05) is 12.2 Å². The van der Waals surface area contributed by atoms with Crippen LogP contribution in [0.4, 0.5) is 0 Å². The highest BCUT2D eigenvalue weighted by Crippen LogP contribution is 2.62. The molecule has 2 fully saturated rings. The molecular formula is C8H10O. The fourth-order valence-electron chi connectivity index (χ4n) is 2.65. The molecule has 0 aromatic carbocycles. The lowest BCUT2D eigenvalue weighted by Gasteiger charge is -2.10. The smallest absolute Gasteiger partial charge is 0.0670 e. The summed E-state index contributed by atoms with van der Waals surface area (Å²) in [4.78, 5) is 0. The molecule has 0 amide bonds. The molecule has 48 valence electrons. The van der Waals surface area contributed by atoms with Gasteiger partial charge in [0.2, 0.25) is 0 Å². The van der Waals surface area contributed by atoms with Gasteiger partial charge in [-0.15, -0.1) is 0 Å². The normalized spacial score (nSPS) is 66.6. The quantitative estimate of drug-likeness (QED) is 0.471. The highest BCUT2D eigenvalue weighted by molar-refractivity contribution is 5.24. The van der Waals surface area contributed by atoms with E-state index in [9.17, 15) is 5.11 Å². The van der Waals surface area contributed by atoms with Crippen molar-refractivity contribution >= 4 is 0 Å². The zero-order valence-corrected chi connectivity index (χ0v) is 5.20. The van der Waals surface area contributed by atoms with Gasteiger partial charge in [-0.3, -0.25) is 0 Å². The minimum absolute atomic E-state index is 0.00810. The zero-order valence-electron chi connectivity index (χ0n) is 5.20. The van der Waals surface area contributed by atoms with Crippen molar-refractivity contribution in [3.05, 3.63) is 12.2 Å². The van der Waals surface area contributed by atoms with E-state index in [1.807, 2.05) is 0 Å². The first kappa shape index (κ1) is 4.51. The van der Waals surface area contributed by atoms with Gasteiger partial charge < -0.3 is 5.11 Å². The molecule has 3 aliphatic carbocycles. The molecule has 0 radical (unpaired) electrons. The Morgan fingerprint density at radius 3 is 2.00 bits per heavy atom. The number of aliphatic hydroxyl groups excluding tert-OH is 1. The molecule has 3 aliphatic rings. The third-order valence-electron chi connectivity index (χ3n) is 3.22. The third kappa shape index (κ3) is 0.351. The predicted octanol–water partition coefficient (Wildman–Crippen LogP) is 0.799. The predicted molar refractivity (Wildman–Crippen MR) is 33.7 cm³/mol. The second-order valence-corrected chi connectivity index (χ2v) is 3.59. The Labute approximate surface area is 54.4 Å². The first-order valence-corrected chi connectivity index (χ1v) is 3.74. The highest BCUT2D eigenvalue weighted by Gasteiger charge is 2.60. The topological polar surface area (TPSA) is 20.2 Å². The molecule has 0 aliphatic heterocycles. The molecule has 3 rings (SSSR count). The molecule has 5 atom stereocenters. The van der Waals surface area contributed by atoms with Crippen molar-refractivity contribution in [1.29, 1.82) is 0 Å². The molecule has 0 aromatic rings. The Kier molecular flexibility index (Phi) is 0.552. The van der Waals surface area contributed by atoms with Crippen LogP contribution >= 0.6 is 0 Å². The molecule has 9 heavy (non-hydrogen) atoms. The van der Waals surface area contributed by atoms with Crippen molar-refractivity contribution in [2.75, 3.05) is 0 Å². The second-order valence-electron chi connectivity index (χ2n) is 3.59. The maximum Gasteiger partial charge on any atom is 0.0670 e. The SMILES string of the molecule is OC1[C@H]2C=C[C@@H]1[C@H]1C[C@H]12. The fourth-order valence-corrected chi connectivity index (χ4v) is 2.65. The molecule has 1 N–H and O–H groups in total. The van der Waals surface area contributed by atoms with Crippen LogP contribution in [-0.2, 0) is 0 Å². The van der Waals surface area contributed by atoms with Gasteiger partial charge in [-0.2, -0.15) is 0 Å². The summed E-state index contributed by atoms with van der Waals surface area (Å²) in [7, 11) is 0. The van der Waals surface area contributed by atoms with Gasteiger partial charge in [0.1, 0.15) is 0 Å². The lowest BCUT2D eigenvalue weighted by Crippen LogP contribution is -2.16. The summed E-state index contributed by atoms with van der Waals surface area (Å²) in [5.74, 6) is 2.88. The molecular weight excluding hydrogens is 112 g/mol.